The Bertz CT molecular complexity index is 821. The van der Waals surface area contributed by atoms with Gasteiger partial charge < -0.3 is 9.72 Å². The van der Waals surface area contributed by atoms with E-state index in [0.717, 1.165) is 10.9 Å². The number of rotatable bonds is 3. The first-order chi connectivity index (χ1) is 10.1. The maximum atomic E-state index is 12.0. The molecule has 1 N–H and O–H groups in total. The van der Waals surface area contributed by atoms with Gasteiger partial charge in [-0.15, -0.1) is 0 Å². The number of fused-ring (bicyclic) bond motifs is 1. The number of carbonyl (C=O) groups is 1. The minimum atomic E-state index is -0.508. The molecule has 0 saturated carbocycles. The molecule has 104 valence electrons. The summed E-state index contributed by atoms with van der Waals surface area (Å²) in [6.07, 6.45) is 1.79. The number of nitrogens with zero attached hydrogens (tertiary/aromatic N) is 1. The Morgan fingerprint density at radius 2 is 1.86 bits per heavy atom. The highest BCUT2D eigenvalue weighted by Gasteiger charge is 2.11. The molecule has 1 heterocycles. The lowest BCUT2D eigenvalue weighted by Gasteiger charge is -2.04. The Morgan fingerprint density at radius 1 is 1.10 bits per heavy atom. The van der Waals surface area contributed by atoms with Gasteiger partial charge in [0.05, 0.1) is 10.5 Å². The minimum Gasteiger partial charge on any atom is -0.423 e. The van der Waals surface area contributed by atoms with Crippen molar-refractivity contribution in [3.63, 3.8) is 0 Å². The fourth-order valence-corrected chi connectivity index (χ4v) is 1.98. The van der Waals surface area contributed by atoms with Crippen molar-refractivity contribution in [2.24, 2.45) is 0 Å². The summed E-state index contributed by atoms with van der Waals surface area (Å²) in [6, 6.07) is 12.4. The molecule has 6 heteroatoms. The van der Waals surface area contributed by atoms with Crippen LogP contribution in [0.4, 0.5) is 5.69 Å². The Morgan fingerprint density at radius 3 is 2.57 bits per heavy atom. The fraction of sp³-hybridized carbons (Fsp3) is 0. The lowest BCUT2D eigenvalue weighted by atomic mass is 10.1. The number of hydrogen-bond acceptors (Lipinski definition) is 4. The fourth-order valence-electron chi connectivity index (χ4n) is 1.98. The molecular weight excluding hydrogens is 272 g/mol. The standard InChI is InChI=1S/C15H10N2O4/c18-15(11-1-6-14-10(9-11)7-8-16-14)21-13-4-2-12(3-5-13)17(19)20/h1-9,16H. The molecule has 21 heavy (non-hydrogen) atoms. The van der Waals surface area contributed by atoms with Gasteiger partial charge in [0.1, 0.15) is 5.75 Å². The highest BCUT2D eigenvalue weighted by Crippen LogP contribution is 2.20. The number of nitro benzene ring substituents is 1. The number of non-ortho nitro benzene ring substituents is 1. The average Bonchev–Trinajstić information content (AvgIpc) is 2.95. The molecule has 2 aromatic carbocycles. The smallest absolute Gasteiger partial charge is 0.343 e. The van der Waals surface area contributed by atoms with E-state index in [1.54, 1.807) is 24.4 Å². The zero-order valence-corrected chi connectivity index (χ0v) is 10.8. The quantitative estimate of drug-likeness (QED) is 0.345. The first-order valence-electron chi connectivity index (χ1n) is 6.17. The Hall–Kier alpha value is -3.15. The van der Waals surface area contributed by atoms with Crippen molar-refractivity contribution in [3.8, 4) is 5.75 Å². The van der Waals surface area contributed by atoms with Crippen LogP contribution < -0.4 is 4.74 Å². The second-order valence-corrected chi connectivity index (χ2v) is 4.42. The molecule has 0 fully saturated rings. The van der Waals surface area contributed by atoms with Crippen molar-refractivity contribution in [3.05, 3.63) is 70.4 Å². The molecule has 3 rings (SSSR count). The predicted octanol–water partition coefficient (Wildman–Crippen LogP) is 3.30. The van der Waals surface area contributed by atoms with Gasteiger partial charge in [-0.3, -0.25) is 10.1 Å². The number of ether oxygens (including phenoxy) is 1. The van der Waals surface area contributed by atoms with Crippen LogP contribution in [0.5, 0.6) is 5.75 Å². The molecule has 0 radical (unpaired) electrons. The van der Waals surface area contributed by atoms with Gasteiger partial charge in [0.2, 0.25) is 0 Å². The van der Waals surface area contributed by atoms with Gasteiger partial charge in [-0.05, 0) is 36.4 Å². The molecule has 0 spiro atoms. The van der Waals surface area contributed by atoms with Crippen LogP contribution in [0.15, 0.2) is 54.7 Å². The van der Waals surface area contributed by atoms with Gasteiger partial charge in [-0.1, -0.05) is 0 Å². The number of esters is 1. The molecule has 0 aliphatic rings. The number of benzene rings is 2. The van der Waals surface area contributed by atoms with Gasteiger partial charge in [0.25, 0.3) is 5.69 Å². The van der Waals surface area contributed by atoms with Crippen LogP contribution in [0.2, 0.25) is 0 Å². The maximum absolute atomic E-state index is 12.0. The van der Waals surface area contributed by atoms with Crippen molar-refractivity contribution in [2.45, 2.75) is 0 Å². The van der Waals surface area contributed by atoms with Crippen LogP contribution in [0.25, 0.3) is 10.9 Å². The first-order valence-corrected chi connectivity index (χ1v) is 6.17. The van der Waals surface area contributed by atoms with Gasteiger partial charge in [0, 0.05) is 29.2 Å². The summed E-state index contributed by atoms with van der Waals surface area (Å²) in [5, 5.41) is 11.5. The number of H-pyrrole nitrogens is 1. The van der Waals surface area contributed by atoms with Gasteiger partial charge >= 0.3 is 5.97 Å². The van der Waals surface area contributed by atoms with Crippen molar-refractivity contribution >= 4 is 22.6 Å². The van der Waals surface area contributed by atoms with E-state index in [4.69, 9.17) is 4.74 Å². The topological polar surface area (TPSA) is 85.2 Å². The number of carbonyl (C=O) groups excluding carboxylic acids is 1. The van der Waals surface area contributed by atoms with E-state index in [0.29, 0.717) is 5.56 Å². The lowest BCUT2D eigenvalue weighted by molar-refractivity contribution is -0.384. The van der Waals surface area contributed by atoms with Crippen molar-refractivity contribution in [2.75, 3.05) is 0 Å². The number of aromatic amines is 1. The summed E-state index contributed by atoms with van der Waals surface area (Å²) in [5.41, 5.74) is 1.30. The molecule has 0 aliphatic heterocycles. The Kier molecular flexibility index (Phi) is 3.12. The molecule has 1 aromatic heterocycles. The molecule has 0 unspecified atom stereocenters. The molecule has 0 aliphatic carbocycles. The molecular formula is C15H10N2O4. The molecule has 3 aromatic rings. The van der Waals surface area contributed by atoms with E-state index in [1.165, 1.54) is 24.3 Å². The van der Waals surface area contributed by atoms with E-state index in [9.17, 15) is 14.9 Å². The van der Waals surface area contributed by atoms with Crippen LogP contribution in [-0.4, -0.2) is 15.9 Å². The SMILES string of the molecule is O=C(Oc1ccc([N+](=O)[O-])cc1)c1ccc2[nH]ccc2c1. The Labute approximate surface area is 119 Å². The number of aromatic nitrogens is 1. The van der Waals surface area contributed by atoms with Crippen LogP contribution in [-0.2, 0) is 0 Å². The van der Waals surface area contributed by atoms with E-state index in [2.05, 4.69) is 4.98 Å². The predicted molar refractivity (Wildman–Crippen MR) is 76.4 cm³/mol. The van der Waals surface area contributed by atoms with E-state index in [-0.39, 0.29) is 11.4 Å². The second-order valence-electron chi connectivity index (χ2n) is 4.42. The molecule has 6 nitrogen and oxygen atoms in total. The monoisotopic (exact) mass is 282 g/mol. The zero-order chi connectivity index (χ0) is 14.8. The third-order valence-corrected chi connectivity index (χ3v) is 3.05. The third-order valence-electron chi connectivity index (χ3n) is 3.05. The van der Waals surface area contributed by atoms with Gasteiger partial charge in [-0.2, -0.15) is 0 Å². The van der Waals surface area contributed by atoms with Crippen LogP contribution >= 0.6 is 0 Å². The highest BCUT2D eigenvalue weighted by molar-refractivity contribution is 5.95. The Balaban J connectivity index is 1.80. The highest BCUT2D eigenvalue weighted by atomic mass is 16.6. The lowest BCUT2D eigenvalue weighted by Crippen LogP contribution is -2.08. The minimum absolute atomic E-state index is 0.0523. The summed E-state index contributed by atoms with van der Waals surface area (Å²) in [6.45, 7) is 0. The maximum Gasteiger partial charge on any atom is 0.343 e. The van der Waals surface area contributed by atoms with E-state index < -0.39 is 10.9 Å². The summed E-state index contributed by atoms with van der Waals surface area (Å²) in [4.78, 5) is 25.1. The number of nitro groups is 1. The largest absolute Gasteiger partial charge is 0.423 e. The summed E-state index contributed by atoms with van der Waals surface area (Å²) in [7, 11) is 0. The van der Waals surface area contributed by atoms with E-state index in [1.807, 2.05) is 6.07 Å². The van der Waals surface area contributed by atoms with E-state index >= 15 is 0 Å². The molecule has 0 bridgehead atoms. The molecule has 0 saturated heterocycles. The summed E-state index contributed by atoms with van der Waals surface area (Å²) < 4.78 is 5.19. The van der Waals surface area contributed by atoms with Crippen molar-refractivity contribution in [1.82, 2.24) is 4.98 Å². The summed E-state index contributed by atoms with van der Waals surface area (Å²) in [5.74, 6) is -0.244. The number of hydrogen-bond donors (Lipinski definition) is 1. The second kappa shape index (κ2) is 5.09. The first kappa shape index (κ1) is 12.9. The van der Waals surface area contributed by atoms with Crippen molar-refractivity contribution < 1.29 is 14.5 Å². The number of nitrogens with one attached hydrogen (secondary N) is 1. The van der Waals surface area contributed by atoms with Crippen LogP contribution in [0, 0.1) is 10.1 Å². The third kappa shape index (κ3) is 2.59. The molecule has 0 amide bonds. The van der Waals surface area contributed by atoms with Crippen LogP contribution in [0.3, 0.4) is 0 Å². The summed E-state index contributed by atoms with van der Waals surface area (Å²) >= 11 is 0. The average molecular weight is 282 g/mol. The van der Waals surface area contributed by atoms with Gasteiger partial charge in [0.15, 0.2) is 0 Å². The normalized spacial score (nSPS) is 10.5. The van der Waals surface area contributed by atoms with Crippen molar-refractivity contribution in [1.29, 1.82) is 0 Å². The zero-order valence-electron chi connectivity index (χ0n) is 10.8. The van der Waals surface area contributed by atoms with Crippen LogP contribution in [0.1, 0.15) is 10.4 Å². The van der Waals surface area contributed by atoms with Gasteiger partial charge in [-0.25, -0.2) is 4.79 Å². The molecule has 0 atom stereocenters.